The molecule has 1 unspecified atom stereocenters. The van der Waals surface area contributed by atoms with E-state index in [1.807, 2.05) is 24.8 Å². The minimum atomic E-state index is -0.290. The Morgan fingerprint density at radius 1 is 1.52 bits per heavy atom. The number of pyridine rings is 1. The van der Waals surface area contributed by atoms with Crippen molar-refractivity contribution in [1.82, 2.24) is 15.2 Å². The number of rotatable bonds is 2. The molecule has 2 rings (SSSR count). The van der Waals surface area contributed by atoms with E-state index in [0.29, 0.717) is 24.3 Å². The third-order valence-corrected chi connectivity index (χ3v) is 3.70. The third-order valence-electron chi connectivity index (χ3n) is 3.70. The SMILES string of the molecule is Cc1cc(N2CCNCC2C(=O)N(C)C)c(C#N)c(C)n1. The average molecular weight is 287 g/mol. The van der Waals surface area contributed by atoms with Crippen LogP contribution in [0.5, 0.6) is 0 Å². The van der Waals surface area contributed by atoms with Gasteiger partial charge in [0.25, 0.3) is 0 Å². The van der Waals surface area contributed by atoms with Crippen molar-refractivity contribution < 1.29 is 4.79 Å². The van der Waals surface area contributed by atoms with Gasteiger partial charge < -0.3 is 15.1 Å². The fourth-order valence-electron chi connectivity index (χ4n) is 2.68. The van der Waals surface area contributed by atoms with Crippen LogP contribution in [0.15, 0.2) is 6.07 Å². The number of hydrogen-bond acceptors (Lipinski definition) is 5. The Labute approximate surface area is 125 Å². The number of carbonyl (C=O) groups is 1. The highest BCUT2D eigenvalue weighted by Crippen LogP contribution is 2.26. The second-order valence-electron chi connectivity index (χ2n) is 5.50. The zero-order valence-corrected chi connectivity index (χ0v) is 13.0. The Bertz CT molecular complexity index is 590. The van der Waals surface area contributed by atoms with Crippen molar-refractivity contribution in [3.8, 4) is 6.07 Å². The first-order chi connectivity index (χ1) is 9.95. The van der Waals surface area contributed by atoms with Crippen LogP contribution in [0.25, 0.3) is 0 Å². The normalized spacial score (nSPS) is 18.2. The second kappa shape index (κ2) is 6.10. The van der Waals surface area contributed by atoms with Crippen LogP contribution in [-0.4, -0.2) is 55.6 Å². The standard InChI is InChI=1S/C15H21N5O/c1-10-7-13(12(8-16)11(2)18-10)20-6-5-17-9-14(20)15(21)19(3)4/h7,14,17H,5-6,9H2,1-4H3. The lowest BCUT2D eigenvalue weighted by Crippen LogP contribution is -2.58. The molecule has 21 heavy (non-hydrogen) atoms. The fraction of sp³-hybridized carbons (Fsp3) is 0.533. The van der Waals surface area contributed by atoms with E-state index >= 15 is 0 Å². The van der Waals surface area contributed by atoms with Gasteiger partial charge in [0, 0.05) is 39.4 Å². The molecule has 1 aromatic rings. The van der Waals surface area contributed by atoms with Crippen LogP contribution < -0.4 is 10.2 Å². The molecule has 0 spiro atoms. The number of amides is 1. The maximum atomic E-state index is 12.4. The Kier molecular flexibility index (Phi) is 4.43. The van der Waals surface area contributed by atoms with E-state index in [-0.39, 0.29) is 11.9 Å². The van der Waals surface area contributed by atoms with E-state index in [0.717, 1.165) is 17.9 Å². The molecule has 1 aliphatic heterocycles. The van der Waals surface area contributed by atoms with Crippen LogP contribution in [0.3, 0.4) is 0 Å². The summed E-state index contributed by atoms with van der Waals surface area (Å²) in [5, 5.41) is 12.7. The van der Waals surface area contributed by atoms with Gasteiger partial charge in [0.2, 0.25) is 5.91 Å². The van der Waals surface area contributed by atoms with Crippen molar-refractivity contribution in [3.05, 3.63) is 23.0 Å². The summed E-state index contributed by atoms with van der Waals surface area (Å²) in [6.07, 6.45) is 0. The van der Waals surface area contributed by atoms with E-state index in [2.05, 4.69) is 16.4 Å². The molecule has 1 N–H and O–H groups in total. The van der Waals surface area contributed by atoms with E-state index in [1.165, 1.54) is 0 Å². The van der Waals surface area contributed by atoms with Crippen LogP contribution >= 0.6 is 0 Å². The quantitative estimate of drug-likeness (QED) is 0.854. The lowest BCUT2D eigenvalue weighted by atomic mass is 10.1. The van der Waals surface area contributed by atoms with Crippen LogP contribution in [-0.2, 0) is 4.79 Å². The summed E-state index contributed by atoms with van der Waals surface area (Å²) in [7, 11) is 3.51. The summed E-state index contributed by atoms with van der Waals surface area (Å²) in [6.45, 7) is 5.81. The molecule has 2 heterocycles. The number of nitrogens with one attached hydrogen (secondary N) is 1. The highest BCUT2D eigenvalue weighted by Gasteiger charge is 2.31. The van der Waals surface area contributed by atoms with Crippen LogP contribution in [0.1, 0.15) is 17.0 Å². The summed E-state index contributed by atoms with van der Waals surface area (Å²) >= 11 is 0. The first kappa shape index (κ1) is 15.3. The van der Waals surface area contributed by atoms with Crippen molar-refractivity contribution in [2.75, 3.05) is 38.6 Å². The Hall–Kier alpha value is -2.13. The maximum Gasteiger partial charge on any atom is 0.246 e. The Balaban J connectivity index is 2.47. The summed E-state index contributed by atoms with van der Waals surface area (Å²) in [6, 6.07) is 3.83. The number of nitriles is 1. The van der Waals surface area contributed by atoms with Gasteiger partial charge in [-0.15, -0.1) is 0 Å². The van der Waals surface area contributed by atoms with Crippen molar-refractivity contribution >= 4 is 11.6 Å². The molecule has 1 saturated heterocycles. The number of likely N-dealkylation sites (N-methyl/N-ethyl adjacent to an activating group) is 1. The van der Waals surface area contributed by atoms with Crippen molar-refractivity contribution in [2.45, 2.75) is 19.9 Å². The number of carbonyl (C=O) groups excluding carboxylic acids is 1. The fourth-order valence-corrected chi connectivity index (χ4v) is 2.68. The van der Waals surface area contributed by atoms with Crippen LogP contribution in [0.4, 0.5) is 5.69 Å². The van der Waals surface area contributed by atoms with Crippen molar-refractivity contribution in [2.24, 2.45) is 0 Å². The van der Waals surface area contributed by atoms with Gasteiger partial charge in [-0.05, 0) is 19.9 Å². The lowest BCUT2D eigenvalue weighted by molar-refractivity contribution is -0.130. The lowest BCUT2D eigenvalue weighted by Gasteiger charge is -2.38. The monoisotopic (exact) mass is 287 g/mol. The topological polar surface area (TPSA) is 72.3 Å². The van der Waals surface area contributed by atoms with E-state index in [9.17, 15) is 10.1 Å². The van der Waals surface area contributed by atoms with Crippen LogP contribution in [0.2, 0.25) is 0 Å². The number of aryl methyl sites for hydroxylation is 2. The maximum absolute atomic E-state index is 12.4. The largest absolute Gasteiger partial charge is 0.356 e. The first-order valence-corrected chi connectivity index (χ1v) is 7.02. The highest BCUT2D eigenvalue weighted by molar-refractivity contribution is 5.86. The zero-order chi connectivity index (χ0) is 15.6. The number of aromatic nitrogens is 1. The summed E-state index contributed by atoms with van der Waals surface area (Å²) in [4.78, 5) is 20.4. The number of nitrogens with zero attached hydrogens (tertiary/aromatic N) is 4. The molecule has 1 amide bonds. The predicted molar refractivity (Wildman–Crippen MR) is 81.1 cm³/mol. The molecule has 0 aromatic carbocycles. The number of hydrogen-bond donors (Lipinski definition) is 1. The van der Waals surface area contributed by atoms with Gasteiger partial charge in [-0.1, -0.05) is 0 Å². The predicted octanol–water partition coefficient (Wildman–Crippen LogP) is 0.437. The van der Waals surface area contributed by atoms with Gasteiger partial charge in [-0.3, -0.25) is 9.78 Å². The molecule has 0 radical (unpaired) electrons. The van der Waals surface area contributed by atoms with Gasteiger partial charge in [0.1, 0.15) is 12.1 Å². The molecule has 6 nitrogen and oxygen atoms in total. The van der Waals surface area contributed by atoms with Gasteiger partial charge in [0.15, 0.2) is 0 Å². The molecule has 1 fully saturated rings. The smallest absolute Gasteiger partial charge is 0.246 e. The summed E-state index contributed by atoms with van der Waals surface area (Å²) < 4.78 is 0. The minimum absolute atomic E-state index is 0.0400. The molecular weight excluding hydrogens is 266 g/mol. The first-order valence-electron chi connectivity index (χ1n) is 7.02. The van der Waals surface area contributed by atoms with Crippen molar-refractivity contribution in [3.63, 3.8) is 0 Å². The molecular formula is C15H21N5O. The molecule has 1 aromatic heterocycles. The molecule has 6 heteroatoms. The third kappa shape index (κ3) is 2.98. The molecule has 0 aliphatic carbocycles. The van der Waals surface area contributed by atoms with E-state index < -0.39 is 0 Å². The summed E-state index contributed by atoms with van der Waals surface area (Å²) in [5.41, 5.74) is 2.93. The van der Waals surface area contributed by atoms with Gasteiger partial charge in [0.05, 0.1) is 16.9 Å². The van der Waals surface area contributed by atoms with E-state index in [1.54, 1.807) is 19.0 Å². The Morgan fingerprint density at radius 2 is 2.24 bits per heavy atom. The van der Waals surface area contributed by atoms with Gasteiger partial charge in [-0.25, -0.2) is 0 Å². The molecule has 112 valence electrons. The van der Waals surface area contributed by atoms with Crippen molar-refractivity contribution in [1.29, 1.82) is 5.26 Å². The van der Waals surface area contributed by atoms with Gasteiger partial charge >= 0.3 is 0 Å². The number of anilines is 1. The van der Waals surface area contributed by atoms with E-state index in [4.69, 9.17) is 0 Å². The molecule has 0 bridgehead atoms. The molecule has 0 saturated carbocycles. The van der Waals surface area contributed by atoms with Crippen LogP contribution in [0, 0.1) is 25.2 Å². The Morgan fingerprint density at radius 3 is 2.86 bits per heavy atom. The molecule has 1 aliphatic rings. The molecule has 1 atom stereocenters. The zero-order valence-electron chi connectivity index (χ0n) is 13.0. The average Bonchev–Trinajstić information content (AvgIpc) is 2.45. The van der Waals surface area contributed by atoms with Gasteiger partial charge in [-0.2, -0.15) is 5.26 Å². The minimum Gasteiger partial charge on any atom is -0.356 e. The second-order valence-corrected chi connectivity index (χ2v) is 5.50. The number of piperazine rings is 1. The highest BCUT2D eigenvalue weighted by atomic mass is 16.2. The summed E-state index contributed by atoms with van der Waals surface area (Å²) in [5.74, 6) is 0.0400.